The first-order valence-corrected chi connectivity index (χ1v) is 9.82. The van der Waals surface area contributed by atoms with Gasteiger partial charge in [0.25, 0.3) is 0 Å². The van der Waals surface area contributed by atoms with E-state index in [-0.39, 0.29) is 17.7 Å². The van der Waals surface area contributed by atoms with Crippen LogP contribution < -0.4 is 10.1 Å². The Balaban J connectivity index is 1.69. The molecule has 2 aromatic carbocycles. The molecule has 0 aliphatic carbocycles. The lowest BCUT2D eigenvalue weighted by atomic mass is 9.74. The molecule has 0 spiro atoms. The minimum Gasteiger partial charge on any atom is -0.494 e. The summed E-state index contributed by atoms with van der Waals surface area (Å²) in [5, 5.41) is 3.75. The molecule has 2 aromatic rings. The fourth-order valence-electron chi connectivity index (χ4n) is 3.55. The first-order chi connectivity index (χ1) is 13.1. The van der Waals surface area contributed by atoms with Crippen molar-refractivity contribution in [2.24, 2.45) is 0 Å². The normalized spacial score (nSPS) is 15.9. The third kappa shape index (κ3) is 5.02. The van der Waals surface area contributed by atoms with Crippen LogP contribution in [0.5, 0.6) is 5.75 Å². The number of nitrogens with one attached hydrogen (secondary N) is 1. The van der Waals surface area contributed by atoms with E-state index in [9.17, 15) is 4.79 Å². The van der Waals surface area contributed by atoms with Crippen LogP contribution in [0.4, 0.5) is 0 Å². The van der Waals surface area contributed by atoms with Crippen LogP contribution in [0, 0.1) is 0 Å². The Morgan fingerprint density at radius 3 is 2.52 bits per heavy atom. The van der Waals surface area contributed by atoms with Crippen LogP contribution >= 0.6 is 11.6 Å². The number of rotatable bonds is 7. The van der Waals surface area contributed by atoms with Crippen molar-refractivity contribution in [2.45, 2.75) is 31.6 Å². The quantitative estimate of drug-likeness (QED) is 0.776. The van der Waals surface area contributed by atoms with Crippen molar-refractivity contribution in [3.63, 3.8) is 0 Å². The summed E-state index contributed by atoms with van der Waals surface area (Å²) in [4.78, 5) is 12.5. The summed E-state index contributed by atoms with van der Waals surface area (Å²) in [6.07, 6.45) is 2.05. The Kier molecular flexibility index (Phi) is 6.75. The number of benzene rings is 2. The van der Waals surface area contributed by atoms with E-state index in [1.165, 1.54) is 5.56 Å². The molecule has 27 heavy (non-hydrogen) atoms. The molecule has 1 N–H and O–H groups in total. The lowest BCUT2D eigenvalue weighted by Crippen LogP contribution is -2.45. The molecule has 1 aliphatic heterocycles. The molecule has 0 saturated carbocycles. The summed E-state index contributed by atoms with van der Waals surface area (Å²) in [6.45, 7) is 4.62. The standard InChI is InChI=1S/C22H26ClNO3/c1-2-27-19-9-7-18(8-10-19)22(11-13-26-14-12-22)16-24-21(25)15-17-5-3-4-6-20(17)23/h3-10H,2,11-16H2,1H3,(H,24,25). The van der Waals surface area contributed by atoms with Crippen LogP contribution in [-0.4, -0.2) is 32.3 Å². The van der Waals surface area contributed by atoms with Crippen molar-refractivity contribution < 1.29 is 14.3 Å². The van der Waals surface area contributed by atoms with E-state index in [4.69, 9.17) is 21.1 Å². The summed E-state index contributed by atoms with van der Waals surface area (Å²) in [6, 6.07) is 15.7. The monoisotopic (exact) mass is 387 g/mol. The van der Waals surface area contributed by atoms with Gasteiger partial charge in [-0.1, -0.05) is 41.9 Å². The van der Waals surface area contributed by atoms with E-state index in [1.807, 2.05) is 43.3 Å². The highest BCUT2D eigenvalue weighted by atomic mass is 35.5. The van der Waals surface area contributed by atoms with Crippen LogP contribution in [0.3, 0.4) is 0 Å². The van der Waals surface area contributed by atoms with Gasteiger partial charge >= 0.3 is 0 Å². The molecule has 0 unspecified atom stereocenters. The molecule has 1 heterocycles. The van der Waals surface area contributed by atoms with Gasteiger partial charge in [-0.3, -0.25) is 4.79 Å². The van der Waals surface area contributed by atoms with Gasteiger partial charge in [0.15, 0.2) is 0 Å². The molecular weight excluding hydrogens is 362 g/mol. The number of amides is 1. The Morgan fingerprint density at radius 2 is 1.85 bits per heavy atom. The molecule has 0 aromatic heterocycles. The van der Waals surface area contributed by atoms with Gasteiger partial charge in [0.2, 0.25) is 5.91 Å². The van der Waals surface area contributed by atoms with Gasteiger partial charge < -0.3 is 14.8 Å². The van der Waals surface area contributed by atoms with Gasteiger partial charge in [0.05, 0.1) is 13.0 Å². The third-order valence-corrected chi connectivity index (χ3v) is 5.53. The number of carbonyl (C=O) groups excluding carboxylic acids is 1. The number of hydrogen-bond donors (Lipinski definition) is 1. The van der Waals surface area contributed by atoms with Crippen LogP contribution in [0.2, 0.25) is 5.02 Å². The molecule has 1 aliphatic rings. The third-order valence-electron chi connectivity index (χ3n) is 5.16. The second-order valence-corrected chi connectivity index (χ2v) is 7.30. The molecule has 1 amide bonds. The van der Waals surface area contributed by atoms with Gasteiger partial charge in [-0.05, 0) is 49.1 Å². The highest BCUT2D eigenvalue weighted by Gasteiger charge is 2.34. The van der Waals surface area contributed by atoms with E-state index >= 15 is 0 Å². The molecular formula is C22H26ClNO3. The minimum atomic E-state index is -0.112. The average molecular weight is 388 g/mol. The summed E-state index contributed by atoms with van der Waals surface area (Å²) in [7, 11) is 0. The second kappa shape index (κ2) is 9.25. The van der Waals surface area contributed by atoms with Crippen LogP contribution in [0.1, 0.15) is 30.9 Å². The lowest BCUT2D eigenvalue weighted by molar-refractivity contribution is -0.120. The smallest absolute Gasteiger partial charge is 0.224 e. The minimum absolute atomic E-state index is 0.0140. The van der Waals surface area contributed by atoms with E-state index in [2.05, 4.69) is 17.4 Å². The van der Waals surface area contributed by atoms with Crippen molar-refractivity contribution in [1.29, 1.82) is 0 Å². The average Bonchev–Trinajstić information content (AvgIpc) is 2.70. The molecule has 144 valence electrons. The summed E-state index contributed by atoms with van der Waals surface area (Å²) < 4.78 is 11.1. The highest BCUT2D eigenvalue weighted by molar-refractivity contribution is 6.31. The number of carbonyl (C=O) groups is 1. The van der Waals surface area contributed by atoms with E-state index in [0.717, 1.165) is 24.2 Å². The summed E-state index contributed by atoms with van der Waals surface area (Å²) in [5.74, 6) is 0.853. The molecule has 0 atom stereocenters. The zero-order valence-corrected chi connectivity index (χ0v) is 16.4. The summed E-state index contributed by atoms with van der Waals surface area (Å²) in [5.41, 5.74) is 1.95. The van der Waals surface area contributed by atoms with Gasteiger partial charge in [0, 0.05) is 30.2 Å². The van der Waals surface area contributed by atoms with Crippen molar-refractivity contribution >= 4 is 17.5 Å². The Hall–Kier alpha value is -2.04. The van der Waals surface area contributed by atoms with Crippen molar-refractivity contribution in [3.8, 4) is 5.75 Å². The maximum atomic E-state index is 12.5. The van der Waals surface area contributed by atoms with Crippen LogP contribution in [-0.2, 0) is 21.4 Å². The first kappa shape index (κ1) is 19.7. The maximum Gasteiger partial charge on any atom is 0.224 e. The van der Waals surface area contributed by atoms with Crippen molar-refractivity contribution in [3.05, 3.63) is 64.7 Å². The molecule has 3 rings (SSSR count). The zero-order chi connectivity index (χ0) is 19.1. The van der Waals surface area contributed by atoms with Crippen molar-refractivity contribution in [1.82, 2.24) is 5.32 Å². The summed E-state index contributed by atoms with van der Waals surface area (Å²) >= 11 is 6.17. The molecule has 5 heteroatoms. The van der Waals surface area contributed by atoms with Crippen LogP contribution in [0.15, 0.2) is 48.5 Å². The zero-order valence-electron chi connectivity index (χ0n) is 15.7. The molecule has 1 saturated heterocycles. The van der Waals surface area contributed by atoms with E-state index in [0.29, 0.717) is 31.4 Å². The SMILES string of the molecule is CCOc1ccc(C2(CNC(=O)Cc3ccccc3Cl)CCOCC2)cc1. The van der Waals surface area contributed by atoms with Gasteiger partial charge in [-0.25, -0.2) is 0 Å². The fraction of sp³-hybridized carbons (Fsp3) is 0.409. The van der Waals surface area contributed by atoms with E-state index in [1.54, 1.807) is 0 Å². The predicted molar refractivity (Wildman–Crippen MR) is 108 cm³/mol. The Bertz CT molecular complexity index is 754. The second-order valence-electron chi connectivity index (χ2n) is 6.90. The number of ether oxygens (including phenoxy) is 2. The lowest BCUT2D eigenvalue weighted by Gasteiger charge is -2.38. The van der Waals surface area contributed by atoms with Gasteiger partial charge in [-0.2, -0.15) is 0 Å². The molecule has 0 radical (unpaired) electrons. The van der Waals surface area contributed by atoms with Gasteiger partial charge in [0.1, 0.15) is 5.75 Å². The number of hydrogen-bond acceptors (Lipinski definition) is 3. The molecule has 0 bridgehead atoms. The van der Waals surface area contributed by atoms with Crippen LogP contribution in [0.25, 0.3) is 0 Å². The predicted octanol–water partition coefficient (Wildman–Crippen LogP) is 4.15. The first-order valence-electron chi connectivity index (χ1n) is 9.44. The largest absolute Gasteiger partial charge is 0.494 e. The highest BCUT2D eigenvalue weighted by Crippen LogP contribution is 2.35. The molecule has 1 fully saturated rings. The van der Waals surface area contributed by atoms with Gasteiger partial charge in [-0.15, -0.1) is 0 Å². The fourth-order valence-corrected chi connectivity index (χ4v) is 3.75. The Labute approximate surface area is 165 Å². The van der Waals surface area contributed by atoms with E-state index < -0.39 is 0 Å². The topological polar surface area (TPSA) is 47.6 Å². The molecule has 4 nitrogen and oxygen atoms in total. The number of halogens is 1. The Morgan fingerprint density at radius 1 is 1.15 bits per heavy atom. The van der Waals surface area contributed by atoms with Crippen molar-refractivity contribution in [2.75, 3.05) is 26.4 Å². The maximum absolute atomic E-state index is 12.5.